The topological polar surface area (TPSA) is 46.4 Å². The largest absolute Gasteiger partial charge is 0.497 e. The molecule has 1 aromatic heterocycles. The molecule has 2 aromatic rings. The van der Waals surface area contributed by atoms with Crippen LogP contribution in [0.4, 0.5) is 0 Å². The van der Waals surface area contributed by atoms with Crippen molar-refractivity contribution in [2.45, 2.75) is 31.8 Å². The van der Waals surface area contributed by atoms with Crippen LogP contribution >= 0.6 is 0 Å². The molecular weight excluding hydrogens is 314 g/mol. The number of piperidine rings is 1. The van der Waals surface area contributed by atoms with Gasteiger partial charge in [0.25, 0.3) is 0 Å². The Balaban J connectivity index is 1.68. The molecule has 1 aliphatic rings. The average molecular weight is 343 g/mol. The highest BCUT2D eigenvalue weighted by Gasteiger charge is 2.26. The molecule has 0 amide bonds. The van der Waals surface area contributed by atoms with Gasteiger partial charge >= 0.3 is 0 Å². The van der Waals surface area contributed by atoms with E-state index in [1.807, 2.05) is 6.07 Å². The maximum absolute atomic E-state index is 5.34. The van der Waals surface area contributed by atoms with Crippen LogP contribution in [-0.4, -0.2) is 58.9 Å². The molecule has 0 unspecified atom stereocenters. The average Bonchev–Trinajstić information content (AvgIpc) is 2.95. The normalized spacial score (nSPS) is 18.7. The molecular formula is C19H29N5O. The van der Waals surface area contributed by atoms with Gasteiger partial charge in [0.05, 0.1) is 13.7 Å². The second-order valence-corrected chi connectivity index (χ2v) is 7.20. The fourth-order valence-electron chi connectivity index (χ4n) is 3.59. The van der Waals surface area contributed by atoms with Crippen LogP contribution in [0.2, 0.25) is 0 Å². The van der Waals surface area contributed by atoms with Crippen LogP contribution in [-0.2, 0) is 20.1 Å². The number of ether oxygens (including phenoxy) is 1. The van der Waals surface area contributed by atoms with Crippen LogP contribution in [0.1, 0.15) is 36.0 Å². The fourth-order valence-corrected chi connectivity index (χ4v) is 3.59. The van der Waals surface area contributed by atoms with E-state index in [1.165, 1.54) is 18.4 Å². The van der Waals surface area contributed by atoms with E-state index in [9.17, 15) is 0 Å². The molecule has 1 aliphatic heterocycles. The molecule has 0 radical (unpaired) electrons. The number of hydrogen-bond donors (Lipinski definition) is 0. The van der Waals surface area contributed by atoms with Gasteiger partial charge in [0.1, 0.15) is 17.4 Å². The number of likely N-dealkylation sites (tertiary alicyclic amines) is 1. The molecule has 0 N–H and O–H groups in total. The molecule has 3 rings (SSSR count). The molecule has 0 saturated carbocycles. The summed E-state index contributed by atoms with van der Waals surface area (Å²) < 4.78 is 7.52. The maximum atomic E-state index is 5.34. The first-order valence-corrected chi connectivity index (χ1v) is 8.95. The number of methoxy groups -OCH3 is 1. The molecule has 2 heterocycles. The molecule has 136 valence electrons. The highest BCUT2D eigenvalue weighted by molar-refractivity contribution is 5.28. The summed E-state index contributed by atoms with van der Waals surface area (Å²) in [6.45, 7) is 3.95. The number of nitrogens with zero attached hydrogens (tertiary/aromatic N) is 5. The lowest BCUT2D eigenvalue weighted by Gasteiger charge is -2.32. The van der Waals surface area contributed by atoms with Crippen molar-refractivity contribution in [2.75, 3.05) is 34.3 Å². The van der Waals surface area contributed by atoms with Crippen LogP contribution in [0.15, 0.2) is 24.3 Å². The van der Waals surface area contributed by atoms with Gasteiger partial charge in [-0.3, -0.25) is 4.90 Å². The van der Waals surface area contributed by atoms with E-state index >= 15 is 0 Å². The van der Waals surface area contributed by atoms with Crippen molar-refractivity contribution in [3.8, 4) is 5.75 Å². The summed E-state index contributed by atoms with van der Waals surface area (Å²) in [4.78, 5) is 4.65. The maximum Gasteiger partial charge on any atom is 0.146 e. The predicted molar refractivity (Wildman–Crippen MR) is 98.6 cm³/mol. The van der Waals surface area contributed by atoms with Gasteiger partial charge in [-0.05, 0) is 51.2 Å². The number of aromatic nitrogens is 3. The molecule has 25 heavy (non-hydrogen) atoms. The van der Waals surface area contributed by atoms with E-state index in [1.54, 1.807) is 7.11 Å². The van der Waals surface area contributed by atoms with Gasteiger partial charge < -0.3 is 14.2 Å². The van der Waals surface area contributed by atoms with E-state index in [0.29, 0.717) is 5.92 Å². The zero-order valence-corrected chi connectivity index (χ0v) is 15.8. The van der Waals surface area contributed by atoms with Crippen LogP contribution in [0.25, 0.3) is 0 Å². The van der Waals surface area contributed by atoms with Gasteiger partial charge in [-0.25, -0.2) is 0 Å². The number of benzene rings is 1. The summed E-state index contributed by atoms with van der Waals surface area (Å²) in [5.74, 6) is 3.53. The second-order valence-electron chi connectivity index (χ2n) is 7.20. The Morgan fingerprint density at radius 3 is 2.88 bits per heavy atom. The molecule has 0 bridgehead atoms. The molecule has 6 nitrogen and oxygen atoms in total. The van der Waals surface area contributed by atoms with E-state index in [4.69, 9.17) is 4.74 Å². The van der Waals surface area contributed by atoms with Crippen molar-refractivity contribution >= 4 is 0 Å². The molecule has 1 atom stereocenters. The smallest absolute Gasteiger partial charge is 0.146 e. The van der Waals surface area contributed by atoms with Crippen LogP contribution < -0.4 is 4.74 Å². The molecule has 1 aromatic carbocycles. The van der Waals surface area contributed by atoms with E-state index in [2.05, 4.69) is 63.9 Å². The highest BCUT2D eigenvalue weighted by atomic mass is 16.5. The first-order chi connectivity index (χ1) is 12.1. The minimum Gasteiger partial charge on any atom is -0.497 e. The summed E-state index contributed by atoms with van der Waals surface area (Å²) in [7, 11) is 7.93. The summed E-state index contributed by atoms with van der Waals surface area (Å²) >= 11 is 0. The zero-order chi connectivity index (χ0) is 17.8. The predicted octanol–water partition coefficient (Wildman–Crippen LogP) is 2.26. The molecule has 1 saturated heterocycles. The second kappa shape index (κ2) is 7.97. The quantitative estimate of drug-likeness (QED) is 0.805. The summed E-state index contributed by atoms with van der Waals surface area (Å²) in [5.41, 5.74) is 1.30. The van der Waals surface area contributed by atoms with Crippen molar-refractivity contribution in [3.05, 3.63) is 41.5 Å². The Hall–Kier alpha value is -1.92. The van der Waals surface area contributed by atoms with Gasteiger partial charge in [0, 0.05) is 26.1 Å². The first kappa shape index (κ1) is 17.9. The Morgan fingerprint density at radius 1 is 1.28 bits per heavy atom. The molecule has 6 heteroatoms. The third-order valence-corrected chi connectivity index (χ3v) is 4.87. The fraction of sp³-hybridized carbons (Fsp3) is 0.579. The Bertz CT molecular complexity index is 697. The minimum absolute atomic E-state index is 0.452. The van der Waals surface area contributed by atoms with Gasteiger partial charge in [0.15, 0.2) is 0 Å². The summed E-state index contributed by atoms with van der Waals surface area (Å²) in [6, 6.07) is 8.35. The monoisotopic (exact) mass is 343 g/mol. The SMILES string of the molecule is COc1cccc(CN2CCC[C@H](c3nnc(CN(C)C)n3C)C2)c1. The Kier molecular flexibility index (Phi) is 5.71. The van der Waals surface area contributed by atoms with Crippen molar-refractivity contribution in [1.29, 1.82) is 0 Å². The van der Waals surface area contributed by atoms with Crippen LogP contribution in [0, 0.1) is 0 Å². The number of rotatable bonds is 6. The Labute approximate surface area is 150 Å². The van der Waals surface area contributed by atoms with Crippen LogP contribution in [0.3, 0.4) is 0 Å². The standard InChI is InChI=1S/C19H29N5O/c1-22(2)14-18-20-21-19(23(18)3)16-8-6-10-24(13-16)12-15-7-5-9-17(11-15)25-4/h5,7,9,11,16H,6,8,10,12-14H2,1-4H3/t16-/m0/s1. The van der Waals surface area contributed by atoms with E-state index in [0.717, 1.165) is 43.6 Å². The zero-order valence-electron chi connectivity index (χ0n) is 15.8. The van der Waals surface area contributed by atoms with Gasteiger partial charge in [-0.2, -0.15) is 0 Å². The molecule has 1 fully saturated rings. The minimum atomic E-state index is 0.452. The lowest BCUT2D eigenvalue weighted by Crippen LogP contribution is -2.34. The first-order valence-electron chi connectivity index (χ1n) is 8.95. The third-order valence-electron chi connectivity index (χ3n) is 4.87. The van der Waals surface area contributed by atoms with Gasteiger partial charge in [-0.15, -0.1) is 10.2 Å². The van der Waals surface area contributed by atoms with Crippen molar-refractivity contribution in [2.24, 2.45) is 7.05 Å². The van der Waals surface area contributed by atoms with Gasteiger partial charge in [0.2, 0.25) is 0 Å². The Morgan fingerprint density at radius 2 is 2.12 bits per heavy atom. The van der Waals surface area contributed by atoms with E-state index in [-0.39, 0.29) is 0 Å². The summed E-state index contributed by atoms with van der Waals surface area (Å²) in [6.07, 6.45) is 2.38. The lowest BCUT2D eigenvalue weighted by molar-refractivity contribution is 0.194. The van der Waals surface area contributed by atoms with Crippen molar-refractivity contribution in [1.82, 2.24) is 24.6 Å². The summed E-state index contributed by atoms with van der Waals surface area (Å²) in [5, 5.41) is 8.90. The third kappa shape index (κ3) is 4.38. The van der Waals surface area contributed by atoms with Crippen molar-refractivity contribution in [3.63, 3.8) is 0 Å². The van der Waals surface area contributed by atoms with Crippen molar-refractivity contribution < 1.29 is 4.74 Å². The number of hydrogen-bond acceptors (Lipinski definition) is 5. The lowest BCUT2D eigenvalue weighted by atomic mass is 9.96. The highest BCUT2D eigenvalue weighted by Crippen LogP contribution is 2.27. The molecule has 0 spiro atoms. The van der Waals surface area contributed by atoms with E-state index < -0.39 is 0 Å². The molecule has 0 aliphatic carbocycles. The van der Waals surface area contributed by atoms with Crippen LogP contribution in [0.5, 0.6) is 5.75 Å². The van der Waals surface area contributed by atoms with Gasteiger partial charge in [-0.1, -0.05) is 12.1 Å².